The lowest BCUT2D eigenvalue weighted by Crippen LogP contribution is -2.33. The summed E-state index contributed by atoms with van der Waals surface area (Å²) < 4.78 is 6.37. The van der Waals surface area contributed by atoms with Crippen LogP contribution in [0.4, 0.5) is 5.69 Å². The summed E-state index contributed by atoms with van der Waals surface area (Å²) in [7, 11) is 3.24. The van der Waals surface area contributed by atoms with Crippen molar-refractivity contribution in [2.24, 2.45) is 0 Å². The van der Waals surface area contributed by atoms with Crippen LogP contribution in [-0.2, 0) is 9.59 Å². The van der Waals surface area contributed by atoms with E-state index in [1.165, 1.54) is 4.90 Å². The molecule has 148 valence electrons. The maximum atomic E-state index is 12.4. The van der Waals surface area contributed by atoms with E-state index in [2.05, 4.69) is 26.6 Å². The van der Waals surface area contributed by atoms with Gasteiger partial charge in [-0.3, -0.25) is 14.4 Å². The SMILES string of the molecule is Cc1cc(Br)ccc1NC(=O)CNC(=O)c1ccccc1OCC(=O)N(C)C. The van der Waals surface area contributed by atoms with E-state index in [9.17, 15) is 14.4 Å². The molecule has 0 heterocycles. The fourth-order valence-electron chi connectivity index (χ4n) is 2.27. The highest BCUT2D eigenvalue weighted by molar-refractivity contribution is 9.10. The number of hydrogen-bond donors (Lipinski definition) is 2. The minimum Gasteiger partial charge on any atom is -0.483 e. The molecule has 0 aliphatic carbocycles. The Bertz CT molecular complexity index is 884. The fraction of sp³-hybridized carbons (Fsp3) is 0.250. The van der Waals surface area contributed by atoms with Crippen LogP contribution < -0.4 is 15.4 Å². The third kappa shape index (κ3) is 6.09. The third-order valence-electron chi connectivity index (χ3n) is 3.85. The average molecular weight is 448 g/mol. The van der Waals surface area contributed by atoms with Gasteiger partial charge in [-0.25, -0.2) is 0 Å². The minimum absolute atomic E-state index is 0.180. The highest BCUT2D eigenvalue weighted by Crippen LogP contribution is 2.20. The van der Waals surface area contributed by atoms with Gasteiger partial charge in [0.2, 0.25) is 5.91 Å². The van der Waals surface area contributed by atoms with E-state index in [0.29, 0.717) is 5.69 Å². The molecule has 0 saturated heterocycles. The zero-order chi connectivity index (χ0) is 20.7. The van der Waals surface area contributed by atoms with Crippen molar-refractivity contribution in [3.63, 3.8) is 0 Å². The predicted octanol–water partition coefficient (Wildman–Crippen LogP) is 2.59. The van der Waals surface area contributed by atoms with Gasteiger partial charge in [-0.15, -0.1) is 0 Å². The molecule has 0 spiro atoms. The van der Waals surface area contributed by atoms with E-state index in [1.807, 2.05) is 19.1 Å². The first-order valence-corrected chi connectivity index (χ1v) is 9.33. The van der Waals surface area contributed by atoms with Gasteiger partial charge >= 0.3 is 0 Å². The number of carbonyl (C=O) groups is 3. The number of nitrogens with zero attached hydrogens (tertiary/aromatic N) is 1. The molecule has 3 amide bonds. The number of ether oxygens (including phenoxy) is 1. The van der Waals surface area contributed by atoms with Gasteiger partial charge in [0.25, 0.3) is 11.8 Å². The summed E-state index contributed by atoms with van der Waals surface area (Å²) in [6.45, 7) is 1.50. The molecule has 2 N–H and O–H groups in total. The third-order valence-corrected chi connectivity index (χ3v) is 4.35. The summed E-state index contributed by atoms with van der Waals surface area (Å²) in [5, 5.41) is 5.32. The summed E-state index contributed by atoms with van der Waals surface area (Å²) in [5.41, 5.74) is 1.83. The number of anilines is 1. The largest absolute Gasteiger partial charge is 0.483 e. The van der Waals surface area contributed by atoms with Crippen molar-refractivity contribution in [2.45, 2.75) is 6.92 Å². The summed E-state index contributed by atoms with van der Waals surface area (Å²) in [5.74, 6) is -0.755. The van der Waals surface area contributed by atoms with Crippen LogP contribution in [0.2, 0.25) is 0 Å². The zero-order valence-corrected chi connectivity index (χ0v) is 17.5. The van der Waals surface area contributed by atoms with Crippen molar-refractivity contribution in [2.75, 3.05) is 32.6 Å². The lowest BCUT2D eigenvalue weighted by atomic mass is 10.2. The van der Waals surface area contributed by atoms with Crippen molar-refractivity contribution < 1.29 is 19.1 Å². The van der Waals surface area contributed by atoms with Crippen LogP contribution >= 0.6 is 15.9 Å². The number of carbonyl (C=O) groups excluding carboxylic acids is 3. The molecule has 2 rings (SSSR count). The van der Waals surface area contributed by atoms with Crippen molar-refractivity contribution in [3.05, 3.63) is 58.1 Å². The van der Waals surface area contributed by atoms with Gasteiger partial charge < -0.3 is 20.3 Å². The van der Waals surface area contributed by atoms with Gasteiger partial charge in [-0.1, -0.05) is 28.1 Å². The first-order chi connectivity index (χ1) is 13.3. The molecule has 7 nitrogen and oxygen atoms in total. The van der Waals surface area contributed by atoms with Crippen LogP contribution in [0.3, 0.4) is 0 Å². The van der Waals surface area contributed by atoms with Gasteiger partial charge in [0.1, 0.15) is 5.75 Å². The smallest absolute Gasteiger partial charge is 0.259 e. The maximum Gasteiger partial charge on any atom is 0.259 e. The molecule has 0 unspecified atom stereocenters. The van der Waals surface area contributed by atoms with E-state index in [0.717, 1.165) is 10.0 Å². The van der Waals surface area contributed by atoms with E-state index in [1.54, 1.807) is 44.4 Å². The molecule has 0 aliphatic rings. The number of aryl methyl sites for hydroxylation is 1. The number of nitrogens with one attached hydrogen (secondary N) is 2. The lowest BCUT2D eigenvalue weighted by Gasteiger charge is -2.14. The number of rotatable bonds is 7. The van der Waals surface area contributed by atoms with Crippen LogP contribution in [-0.4, -0.2) is 49.9 Å². The molecular weight excluding hydrogens is 426 g/mol. The molecule has 28 heavy (non-hydrogen) atoms. The molecule has 0 bridgehead atoms. The topological polar surface area (TPSA) is 87.7 Å². The highest BCUT2D eigenvalue weighted by atomic mass is 79.9. The Morgan fingerprint density at radius 1 is 1.11 bits per heavy atom. The van der Waals surface area contributed by atoms with Crippen LogP contribution in [0.5, 0.6) is 5.75 Å². The molecule has 0 fully saturated rings. The molecule has 0 aliphatic heterocycles. The maximum absolute atomic E-state index is 12.4. The van der Waals surface area contributed by atoms with Crippen molar-refractivity contribution in [3.8, 4) is 5.75 Å². The number of amides is 3. The molecule has 2 aromatic carbocycles. The van der Waals surface area contributed by atoms with Crippen molar-refractivity contribution in [1.29, 1.82) is 0 Å². The van der Waals surface area contributed by atoms with Crippen molar-refractivity contribution >= 4 is 39.3 Å². The Balaban J connectivity index is 1.95. The number of halogens is 1. The molecule has 0 saturated carbocycles. The molecule has 0 radical (unpaired) electrons. The quantitative estimate of drug-likeness (QED) is 0.682. The Morgan fingerprint density at radius 3 is 2.50 bits per heavy atom. The number of hydrogen-bond acceptors (Lipinski definition) is 4. The van der Waals surface area contributed by atoms with Crippen LogP contribution in [0.1, 0.15) is 15.9 Å². The zero-order valence-electron chi connectivity index (χ0n) is 15.9. The molecule has 2 aromatic rings. The summed E-state index contributed by atoms with van der Waals surface area (Å²) >= 11 is 3.37. The normalized spacial score (nSPS) is 10.1. The fourth-order valence-corrected chi connectivity index (χ4v) is 2.74. The van der Waals surface area contributed by atoms with Crippen LogP contribution in [0, 0.1) is 6.92 Å². The van der Waals surface area contributed by atoms with E-state index in [4.69, 9.17) is 4.74 Å². The highest BCUT2D eigenvalue weighted by Gasteiger charge is 2.15. The Kier molecular flexibility index (Phi) is 7.57. The standard InChI is InChI=1S/C20H22BrN3O4/c1-13-10-14(21)8-9-16(13)23-18(25)11-22-20(27)15-6-4-5-7-17(15)28-12-19(26)24(2)3/h4-10H,11-12H2,1-3H3,(H,22,27)(H,23,25). The van der Waals surface area contributed by atoms with Gasteiger partial charge in [0, 0.05) is 24.3 Å². The second kappa shape index (κ2) is 9.89. The Labute approximate surface area is 172 Å². The van der Waals surface area contributed by atoms with Gasteiger partial charge in [-0.05, 0) is 42.8 Å². The Hall–Kier alpha value is -2.87. The summed E-state index contributed by atoms with van der Waals surface area (Å²) in [4.78, 5) is 37.7. The van der Waals surface area contributed by atoms with E-state index >= 15 is 0 Å². The number of benzene rings is 2. The van der Waals surface area contributed by atoms with Crippen LogP contribution in [0.25, 0.3) is 0 Å². The number of likely N-dealkylation sites (N-methyl/N-ethyl adjacent to an activating group) is 1. The first-order valence-electron chi connectivity index (χ1n) is 8.54. The van der Waals surface area contributed by atoms with Crippen molar-refractivity contribution in [1.82, 2.24) is 10.2 Å². The van der Waals surface area contributed by atoms with Gasteiger partial charge in [0.15, 0.2) is 6.61 Å². The predicted molar refractivity (Wildman–Crippen MR) is 110 cm³/mol. The lowest BCUT2D eigenvalue weighted by molar-refractivity contribution is -0.130. The molecule has 0 atom stereocenters. The average Bonchev–Trinajstić information content (AvgIpc) is 2.66. The number of para-hydroxylation sites is 1. The van der Waals surface area contributed by atoms with Gasteiger partial charge in [0.05, 0.1) is 12.1 Å². The summed E-state index contributed by atoms with van der Waals surface area (Å²) in [6, 6.07) is 12.0. The summed E-state index contributed by atoms with van der Waals surface area (Å²) in [6.07, 6.45) is 0. The van der Waals surface area contributed by atoms with Crippen LogP contribution in [0.15, 0.2) is 46.9 Å². The van der Waals surface area contributed by atoms with Gasteiger partial charge in [-0.2, -0.15) is 0 Å². The molecular formula is C20H22BrN3O4. The second-order valence-corrected chi connectivity index (χ2v) is 7.18. The first kappa shape index (κ1) is 21.4. The Morgan fingerprint density at radius 2 is 1.82 bits per heavy atom. The van der Waals surface area contributed by atoms with E-state index in [-0.39, 0.29) is 36.3 Å². The molecule has 0 aromatic heterocycles. The van der Waals surface area contributed by atoms with E-state index < -0.39 is 5.91 Å². The molecule has 8 heteroatoms. The second-order valence-electron chi connectivity index (χ2n) is 6.26. The monoisotopic (exact) mass is 447 g/mol. The minimum atomic E-state index is -0.462.